The third-order valence-corrected chi connectivity index (χ3v) is 3.80. The zero-order chi connectivity index (χ0) is 16.7. The van der Waals surface area contributed by atoms with E-state index in [2.05, 4.69) is 4.98 Å². The van der Waals surface area contributed by atoms with Crippen molar-refractivity contribution in [1.29, 1.82) is 0 Å². The topological polar surface area (TPSA) is 77.1 Å². The smallest absolute Gasteiger partial charge is 0.338 e. The Hall–Kier alpha value is -2.96. The number of hydrogen-bond donors (Lipinski definition) is 1. The maximum absolute atomic E-state index is 14.1. The predicted molar refractivity (Wildman–Crippen MR) is 82.2 cm³/mol. The molecule has 0 amide bonds. The van der Waals surface area contributed by atoms with Crippen molar-refractivity contribution in [3.05, 3.63) is 63.8 Å². The van der Waals surface area contributed by atoms with E-state index in [0.717, 1.165) is 6.07 Å². The quantitative estimate of drug-likeness (QED) is 0.801. The third kappa shape index (κ3) is 2.40. The van der Waals surface area contributed by atoms with Crippen LogP contribution in [0.25, 0.3) is 10.8 Å². The van der Waals surface area contributed by atoms with Gasteiger partial charge < -0.3 is 14.2 Å². The molecule has 0 atom stereocenters. The van der Waals surface area contributed by atoms with E-state index in [4.69, 9.17) is 0 Å². The minimum absolute atomic E-state index is 0.0740. The van der Waals surface area contributed by atoms with Gasteiger partial charge in [-0.15, -0.1) is 0 Å². The number of carboxylic acids is 1. The highest BCUT2D eigenvalue weighted by atomic mass is 19.1. The molecule has 0 saturated carbocycles. The molecule has 0 spiro atoms. The van der Waals surface area contributed by atoms with Gasteiger partial charge in [0.2, 0.25) is 0 Å². The van der Waals surface area contributed by atoms with Gasteiger partial charge >= 0.3 is 5.97 Å². The second-order valence-electron chi connectivity index (χ2n) is 5.35. The summed E-state index contributed by atoms with van der Waals surface area (Å²) in [6.45, 7) is 1.62. The Morgan fingerprint density at radius 1 is 1.39 bits per heavy atom. The molecule has 2 aromatic heterocycles. The van der Waals surface area contributed by atoms with Crippen LogP contribution in [0.4, 0.5) is 4.39 Å². The molecule has 0 bridgehead atoms. The molecule has 7 heteroatoms. The fourth-order valence-corrected chi connectivity index (χ4v) is 2.74. The van der Waals surface area contributed by atoms with Gasteiger partial charge in [-0.3, -0.25) is 4.79 Å². The Balaban J connectivity index is 2.35. The van der Waals surface area contributed by atoms with Crippen LogP contribution in [-0.4, -0.2) is 25.2 Å². The molecule has 0 aliphatic rings. The number of rotatable bonds is 3. The molecule has 1 aromatic carbocycles. The molecule has 0 radical (unpaired) electrons. The zero-order valence-electron chi connectivity index (χ0n) is 12.6. The lowest BCUT2D eigenvalue weighted by atomic mass is 10.0. The molecule has 118 valence electrons. The summed E-state index contributed by atoms with van der Waals surface area (Å²) in [4.78, 5) is 28.4. The molecule has 0 fully saturated rings. The van der Waals surface area contributed by atoms with Crippen molar-refractivity contribution < 1.29 is 14.3 Å². The van der Waals surface area contributed by atoms with Crippen molar-refractivity contribution in [2.24, 2.45) is 7.05 Å². The highest BCUT2D eigenvalue weighted by molar-refractivity contribution is 6.04. The van der Waals surface area contributed by atoms with Gasteiger partial charge in [-0.25, -0.2) is 14.2 Å². The molecule has 2 heterocycles. The molecular formula is C16H14FN3O3. The largest absolute Gasteiger partial charge is 0.478 e. The van der Waals surface area contributed by atoms with Crippen LogP contribution < -0.4 is 5.56 Å². The summed E-state index contributed by atoms with van der Waals surface area (Å²) >= 11 is 0. The van der Waals surface area contributed by atoms with Crippen molar-refractivity contribution in [3.63, 3.8) is 0 Å². The van der Waals surface area contributed by atoms with Gasteiger partial charge in [-0.2, -0.15) is 0 Å². The normalized spacial score (nSPS) is 11.1. The van der Waals surface area contributed by atoms with E-state index >= 15 is 0 Å². The molecule has 6 nitrogen and oxygen atoms in total. The zero-order valence-corrected chi connectivity index (χ0v) is 12.6. The highest BCUT2D eigenvalue weighted by Crippen LogP contribution is 2.22. The summed E-state index contributed by atoms with van der Waals surface area (Å²) in [5.74, 6) is -1.93. The fourth-order valence-electron chi connectivity index (χ4n) is 2.74. The SMILES string of the molecule is Cc1c(C(=O)O)c2cccc(F)c2c(=O)n1Cc1cn(C)cn1. The number of pyridine rings is 1. The fraction of sp³-hybridized carbons (Fsp3) is 0.188. The van der Waals surface area contributed by atoms with Gasteiger partial charge in [-0.05, 0) is 13.0 Å². The molecular weight excluding hydrogens is 301 g/mol. The van der Waals surface area contributed by atoms with Crippen LogP contribution in [0.2, 0.25) is 0 Å². The predicted octanol–water partition coefficient (Wildman–Crippen LogP) is 1.93. The molecule has 0 saturated heterocycles. The number of imidazole rings is 1. The average molecular weight is 315 g/mol. The second-order valence-corrected chi connectivity index (χ2v) is 5.35. The van der Waals surface area contributed by atoms with Crippen LogP contribution in [0.5, 0.6) is 0 Å². The lowest BCUT2D eigenvalue weighted by Gasteiger charge is -2.14. The van der Waals surface area contributed by atoms with Gasteiger partial charge in [0.05, 0.1) is 29.5 Å². The Bertz CT molecular complexity index is 988. The van der Waals surface area contributed by atoms with Crippen LogP contribution in [0.1, 0.15) is 21.7 Å². The Kier molecular flexibility index (Phi) is 3.48. The van der Waals surface area contributed by atoms with E-state index < -0.39 is 17.3 Å². The van der Waals surface area contributed by atoms with Crippen LogP contribution in [-0.2, 0) is 13.6 Å². The Morgan fingerprint density at radius 3 is 2.74 bits per heavy atom. The highest BCUT2D eigenvalue weighted by Gasteiger charge is 2.21. The molecule has 1 N–H and O–H groups in total. The summed E-state index contributed by atoms with van der Waals surface area (Å²) in [5, 5.41) is 9.37. The van der Waals surface area contributed by atoms with Crippen molar-refractivity contribution in [2.45, 2.75) is 13.5 Å². The van der Waals surface area contributed by atoms with Crippen LogP contribution >= 0.6 is 0 Å². The Labute approximate surface area is 130 Å². The number of aromatic nitrogens is 3. The van der Waals surface area contributed by atoms with E-state index in [1.165, 1.54) is 23.6 Å². The van der Waals surface area contributed by atoms with E-state index in [9.17, 15) is 19.1 Å². The van der Waals surface area contributed by atoms with Gasteiger partial charge in [0.15, 0.2) is 0 Å². The molecule has 3 aromatic rings. The maximum Gasteiger partial charge on any atom is 0.338 e. The van der Waals surface area contributed by atoms with E-state index in [-0.39, 0.29) is 28.6 Å². The first-order valence-electron chi connectivity index (χ1n) is 6.92. The van der Waals surface area contributed by atoms with Crippen LogP contribution in [0.15, 0.2) is 35.5 Å². The van der Waals surface area contributed by atoms with Gasteiger partial charge in [0.1, 0.15) is 5.82 Å². The van der Waals surface area contributed by atoms with Gasteiger partial charge in [0, 0.05) is 24.3 Å². The standard InChI is InChI=1S/C16H14FN3O3/c1-9-13(16(22)23)11-4-3-5-12(17)14(11)15(21)20(9)7-10-6-19(2)8-18-10/h3-6,8H,7H2,1-2H3,(H,22,23). The third-order valence-electron chi connectivity index (χ3n) is 3.80. The summed E-state index contributed by atoms with van der Waals surface area (Å²) in [6.07, 6.45) is 3.30. The van der Waals surface area contributed by atoms with E-state index in [0.29, 0.717) is 5.69 Å². The number of fused-ring (bicyclic) bond motifs is 1. The minimum Gasteiger partial charge on any atom is -0.478 e. The number of nitrogens with zero attached hydrogens (tertiary/aromatic N) is 3. The van der Waals surface area contributed by atoms with Crippen molar-refractivity contribution in [2.75, 3.05) is 0 Å². The number of benzene rings is 1. The summed E-state index contributed by atoms with van der Waals surface area (Å²) in [6, 6.07) is 3.99. The lowest BCUT2D eigenvalue weighted by molar-refractivity contribution is 0.0697. The maximum atomic E-state index is 14.1. The first-order chi connectivity index (χ1) is 10.9. The monoisotopic (exact) mass is 315 g/mol. The van der Waals surface area contributed by atoms with Crippen LogP contribution in [0, 0.1) is 12.7 Å². The van der Waals surface area contributed by atoms with Crippen LogP contribution in [0.3, 0.4) is 0 Å². The number of hydrogen-bond acceptors (Lipinski definition) is 3. The summed E-state index contributed by atoms with van der Waals surface area (Å²) < 4.78 is 17.1. The summed E-state index contributed by atoms with van der Waals surface area (Å²) in [7, 11) is 1.79. The first-order valence-corrected chi connectivity index (χ1v) is 6.92. The average Bonchev–Trinajstić information content (AvgIpc) is 2.88. The van der Waals surface area contributed by atoms with Crippen molar-refractivity contribution in [1.82, 2.24) is 14.1 Å². The number of halogens is 1. The molecule has 23 heavy (non-hydrogen) atoms. The lowest BCUT2D eigenvalue weighted by Crippen LogP contribution is -2.27. The molecule has 0 aliphatic heterocycles. The molecule has 3 rings (SSSR count). The van der Waals surface area contributed by atoms with Gasteiger partial charge in [0.25, 0.3) is 5.56 Å². The van der Waals surface area contributed by atoms with Crippen molar-refractivity contribution >= 4 is 16.7 Å². The number of carboxylic acid groups (broad SMARTS) is 1. The number of aryl methyl sites for hydroxylation is 1. The van der Waals surface area contributed by atoms with Gasteiger partial charge in [-0.1, -0.05) is 12.1 Å². The second kappa shape index (κ2) is 5.35. The first kappa shape index (κ1) is 15.0. The van der Waals surface area contributed by atoms with Crippen molar-refractivity contribution in [3.8, 4) is 0 Å². The van der Waals surface area contributed by atoms with E-state index in [1.807, 2.05) is 0 Å². The number of carbonyl (C=O) groups is 1. The van der Waals surface area contributed by atoms with E-state index in [1.54, 1.807) is 24.1 Å². The Morgan fingerprint density at radius 2 is 2.13 bits per heavy atom. The molecule has 0 aliphatic carbocycles. The summed E-state index contributed by atoms with van der Waals surface area (Å²) in [5.41, 5.74) is 0.220. The molecule has 0 unspecified atom stereocenters. The minimum atomic E-state index is -1.20. The number of aromatic carboxylic acids is 1.